The number of hydrogen-bond acceptors (Lipinski definition) is 4. The summed E-state index contributed by atoms with van der Waals surface area (Å²) in [5.74, 6) is -0.825. The molecule has 0 unspecified atom stereocenters. The smallest absolute Gasteiger partial charge is 0.252 e. The van der Waals surface area contributed by atoms with Gasteiger partial charge in [-0.25, -0.2) is 17.1 Å². The first kappa shape index (κ1) is 23.9. The number of rotatable bonds is 7. The summed E-state index contributed by atoms with van der Waals surface area (Å²) in [6.45, 7) is 2.37. The average Bonchev–Trinajstić information content (AvgIpc) is 2.72. The third-order valence-corrected chi connectivity index (χ3v) is 8.18. The molecule has 0 radical (unpaired) electrons. The number of pyridine rings is 1. The van der Waals surface area contributed by atoms with Crippen LogP contribution in [-0.4, -0.2) is 49.0 Å². The molecule has 0 saturated carbocycles. The number of halogens is 3. The van der Waals surface area contributed by atoms with Gasteiger partial charge in [-0.15, -0.1) is 0 Å². The van der Waals surface area contributed by atoms with Crippen molar-refractivity contribution < 1.29 is 17.6 Å². The zero-order valence-electron chi connectivity index (χ0n) is 17.1. The molecule has 1 aliphatic rings. The fourth-order valence-corrected chi connectivity index (χ4v) is 5.88. The molecule has 0 bridgehead atoms. The molecule has 31 heavy (non-hydrogen) atoms. The average molecular weight is 488 g/mol. The second kappa shape index (κ2) is 9.81. The molecule has 0 aliphatic carbocycles. The predicted octanol–water partition coefficient (Wildman–Crippen LogP) is 4.03. The number of amides is 1. The highest BCUT2D eigenvalue weighted by atomic mass is 35.5. The van der Waals surface area contributed by atoms with Crippen LogP contribution in [0.4, 0.5) is 4.39 Å². The molecule has 1 saturated heterocycles. The van der Waals surface area contributed by atoms with E-state index >= 15 is 0 Å². The summed E-state index contributed by atoms with van der Waals surface area (Å²) in [6.07, 6.45) is 2.69. The van der Waals surface area contributed by atoms with Crippen LogP contribution in [0, 0.1) is 5.82 Å². The van der Waals surface area contributed by atoms with Gasteiger partial charge in [-0.3, -0.25) is 9.78 Å². The van der Waals surface area contributed by atoms with Crippen LogP contribution >= 0.6 is 23.2 Å². The summed E-state index contributed by atoms with van der Waals surface area (Å²) >= 11 is 12.0. The van der Waals surface area contributed by atoms with E-state index in [2.05, 4.69) is 10.3 Å². The van der Waals surface area contributed by atoms with Crippen molar-refractivity contribution in [2.24, 2.45) is 0 Å². The molecule has 168 valence electrons. The molecule has 1 aliphatic heterocycles. The van der Waals surface area contributed by atoms with E-state index < -0.39 is 27.2 Å². The van der Waals surface area contributed by atoms with Gasteiger partial charge in [0.1, 0.15) is 5.82 Å². The highest BCUT2D eigenvalue weighted by molar-refractivity contribution is 7.89. The van der Waals surface area contributed by atoms with Crippen LogP contribution in [0.1, 0.15) is 42.2 Å². The predicted molar refractivity (Wildman–Crippen MR) is 120 cm³/mol. The first-order valence-corrected chi connectivity index (χ1v) is 12.4. The van der Waals surface area contributed by atoms with Gasteiger partial charge in [0.25, 0.3) is 5.91 Å². The Morgan fingerprint density at radius 1 is 1.26 bits per heavy atom. The molecule has 0 spiro atoms. The maximum Gasteiger partial charge on any atom is 0.252 e. The molecular formula is C21H24Cl2FN3O3S. The number of hydrogen-bond donors (Lipinski definition) is 1. The van der Waals surface area contributed by atoms with Crippen LogP contribution in [0.5, 0.6) is 0 Å². The van der Waals surface area contributed by atoms with Crippen molar-refractivity contribution in [3.63, 3.8) is 0 Å². The monoisotopic (exact) mass is 487 g/mol. The van der Waals surface area contributed by atoms with Crippen molar-refractivity contribution >= 4 is 39.1 Å². The molecule has 1 aromatic heterocycles. The maximum absolute atomic E-state index is 14.7. The quantitative estimate of drug-likeness (QED) is 0.639. The highest BCUT2D eigenvalue weighted by Crippen LogP contribution is 2.36. The number of nitrogens with zero attached hydrogens (tertiary/aromatic N) is 2. The molecule has 6 nitrogen and oxygen atoms in total. The molecule has 1 amide bonds. The highest BCUT2D eigenvalue weighted by Gasteiger charge is 2.42. The Kier molecular flexibility index (Phi) is 7.57. The number of benzene rings is 1. The van der Waals surface area contributed by atoms with E-state index in [0.29, 0.717) is 24.3 Å². The van der Waals surface area contributed by atoms with Gasteiger partial charge in [0.05, 0.1) is 22.0 Å². The Labute approximate surface area is 191 Å². The third-order valence-electron chi connectivity index (χ3n) is 5.56. The van der Waals surface area contributed by atoms with E-state index in [4.69, 9.17) is 23.2 Å². The number of piperidine rings is 1. The van der Waals surface area contributed by atoms with Crippen molar-refractivity contribution in [1.82, 2.24) is 14.6 Å². The van der Waals surface area contributed by atoms with Crippen LogP contribution in [0.2, 0.25) is 10.0 Å². The minimum atomic E-state index is -3.36. The second-order valence-corrected chi connectivity index (χ2v) is 10.6. The van der Waals surface area contributed by atoms with Crippen LogP contribution in [0.15, 0.2) is 36.5 Å². The van der Waals surface area contributed by atoms with Crippen LogP contribution in [0.3, 0.4) is 0 Å². The number of carbonyl (C=O) groups is 1. The van der Waals surface area contributed by atoms with Gasteiger partial charge >= 0.3 is 0 Å². The molecule has 10 heteroatoms. The van der Waals surface area contributed by atoms with Crippen molar-refractivity contribution in [2.45, 2.75) is 31.6 Å². The van der Waals surface area contributed by atoms with Gasteiger partial charge in [0.15, 0.2) is 0 Å². The minimum Gasteiger partial charge on any atom is -0.351 e. The Morgan fingerprint density at radius 2 is 1.97 bits per heavy atom. The first-order chi connectivity index (χ1) is 14.7. The van der Waals surface area contributed by atoms with Crippen molar-refractivity contribution in [3.05, 3.63) is 63.6 Å². The summed E-state index contributed by atoms with van der Waals surface area (Å²) in [4.78, 5) is 17.0. The van der Waals surface area contributed by atoms with Gasteiger partial charge in [0.2, 0.25) is 10.0 Å². The fraction of sp³-hybridized carbons (Fsp3) is 0.429. The lowest BCUT2D eigenvalue weighted by Crippen LogP contribution is -2.51. The Hall–Kier alpha value is -1.74. The van der Waals surface area contributed by atoms with Crippen molar-refractivity contribution in [1.29, 1.82) is 0 Å². The lowest BCUT2D eigenvalue weighted by molar-refractivity contribution is 0.0931. The lowest BCUT2D eigenvalue weighted by Gasteiger charge is -2.41. The lowest BCUT2D eigenvalue weighted by atomic mass is 9.75. The summed E-state index contributed by atoms with van der Waals surface area (Å²) in [6, 6.07) is 7.38. The van der Waals surface area contributed by atoms with Gasteiger partial charge in [-0.1, -0.05) is 30.1 Å². The minimum absolute atomic E-state index is 0.0732. The third kappa shape index (κ3) is 5.37. The van der Waals surface area contributed by atoms with Crippen molar-refractivity contribution in [2.75, 3.05) is 25.4 Å². The first-order valence-electron chi connectivity index (χ1n) is 10.0. The van der Waals surface area contributed by atoms with E-state index in [1.165, 1.54) is 34.8 Å². The van der Waals surface area contributed by atoms with E-state index in [-0.39, 0.29) is 41.7 Å². The van der Waals surface area contributed by atoms with Gasteiger partial charge in [0, 0.05) is 36.3 Å². The summed E-state index contributed by atoms with van der Waals surface area (Å²) in [5, 5.41) is 3.46. The van der Waals surface area contributed by atoms with E-state index in [1.807, 2.05) is 6.92 Å². The van der Waals surface area contributed by atoms with Crippen molar-refractivity contribution in [3.8, 4) is 0 Å². The molecule has 1 aromatic carbocycles. The molecular weight excluding hydrogens is 464 g/mol. The summed E-state index contributed by atoms with van der Waals surface area (Å²) in [7, 11) is -3.36. The molecule has 2 aromatic rings. The topological polar surface area (TPSA) is 79.4 Å². The molecule has 3 rings (SSSR count). The standard InChI is InChI=1S/C21H24Cl2FN3O3S/c1-2-12-31(29,30)27-10-7-21(8-11-27,19-18(24)4-3-9-25-19)14-26-20(28)16-6-5-15(22)13-17(16)23/h3-6,9,13H,2,7-8,10-12,14H2,1H3,(H,26,28). The van der Waals surface area contributed by atoms with Crippen LogP contribution in [0.25, 0.3) is 0 Å². The van der Waals surface area contributed by atoms with E-state index in [0.717, 1.165) is 0 Å². The molecule has 2 heterocycles. The molecule has 1 N–H and O–H groups in total. The molecule has 1 fully saturated rings. The maximum atomic E-state index is 14.7. The van der Waals surface area contributed by atoms with E-state index in [9.17, 15) is 17.6 Å². The Bertz CT molecular complexity index is 1060. The van der Waals surface area contributed by atoms with Crippen LogP contribution < -0.4 is 5.32 Å². The fourth-order valence-electron chi connectivity index (χ4n) is 3.87. The number of nitrogens with one attached hydrogen (secondary N) is 1. The number of aromatic nitrogens is 1. The normalized spacial score (nSPS) is 16.8. The Morgan fingerprint density at radius 3 is 2.58 bits per heavy atom. The zero-order chi connectivity index (χ0) is 22.6. The number of sulfonamides is 1. The zero-order valence-corrected chi connectivity index (χ0v) is 19.4. The van der Waals surface area contributed by atoms with Gasteiger partial charge in [-0.05, 0) is 49.6 Å². The SMILES string of the molecule is CCCS(=O)(=O)N1CCC(CNC(=O)c2ccc(Cl)cc2Cl)(c2ncccc2F)CC1. The van der Waals surface area contributed by atoms with Crippen LogP contribution in [-0.2, 0) is 15.4 Å². The second-order valence-electron chi connectivity index (χ2n) is 7.64. The summed E-state index contributed by atoms with van der Waals surface area (Å²) < 4.78 is 41.0. The van der Waals surface area contributed by atoms with Gasteiger partial charge < -0.3 is 5.32 Å². The van der Waals surface area contributed by atoms with Gasteiger partial charge in [-0.2, -0.15) is 0 Å². The van der Waals surface area contributed by atoms with E-state index in [1.54, 1.807) is 6.07 Å². The number of carbonyl (C=O) groups excluding carboxylic acids is 1. The summed E-state index contributed by atoms with van der Waals surface area (Å²) in [5.41, 5.74) is -0.353. The molecule has 0 atom stereocenters. The largest absolute Gasteiger partial charge is 0.351 e. The Balaban J connectivity index is 1.83.